The van der Waals surface area contributed by atoms with E-state index in [0.29, 0.717) is 11.1 Å². The van der Waals surface area contributed by atoms with Crippen molar-refractivity contribution in [2.24, 2.45) is 7.05 Å². The molecule has 2 aliphatic heterocycles. The normalized spacial score (nSPS) is 19.8. The van der Waals surface area contributed by atoms with E-state index in [4.69, 9.17) is 5.10 Å². The number of rotatable bonds is 2. The Labute approximate surface area is 174 Å². The SMILES string of the molecule is Cn1nc2c(c1-c1ccccc1)C[C@H]1CC[C@@H]2N1C(=O)c1cccc2nccnc12. The summed E-state index contributed by atoms with van der Waals surface area (Å²) in [4.78, 5) is 24.5. The third-order valence-corrected chi connectivity index (χ3v) is 6.45. The van der Waals surface area contributed by atoms with Crippen LogP contribution < -0.4 is 0 Å². The Hall–Kier alpha value is -3.54. The molecule has 0 N–H and O–H groups in total. The van der Waals surface area contributed by atoms with E-state index in [9.17, 15) is 4.79 Å². The van der Waals surface area contributed by atoms with Gasteiger partial charge in [0, 0.05) is 36.6 Å². The maximum atomic E-state index is 13.7. The Kier molecular flexibility index (Phi) is 3.75. The van der Waals surface area contributed by atoms with Crippen LogP contribution in [0.4, 0.5) is 0 Å². The molecule has 30 heavy (non-hydrogen) atoms. The van der Waals surface area contributed by atoms with Gasteiger partial charge in [0.2, 0.25) is 0 Å². The van der Waals surface area contributed by atoms with E-state index in [1.807, 2.05) is 40.9 Å². The molecule has 0 radical (unpaired) electrons. The van der Waals surface area contributed by atoms with Crippen molar-refractivity contribution < 1.29 is 4.79 Å². The van der Waals surface area contributed by atoms with Gasteiger partial charge in [0.05, 0.1) is 28.5 Å². The van der Waals surface area contributed by atoms with Crippen molar-refractivity contribution in [1.82, 2.24) is 24.6 Å². The van der Waals surface area contributed by atoms with Crippen LogP contribution in [0.2, 0.25) is 0 Å². The van der Waals surface area contributed by atoms with Crippen molar-refractivity contribution in [3.63, 3.8) is 0 Å². The first-order valence-corrected chi connectivity index (χ1v) is 10.4. The third kappa shape index (κ3) is 2.43. The zero-order chi connectivity index (χ0) is 20.2. The number of amides is 1. The van der Waals surface area contributed by atoms with Gasteiger partial charge in [-0.3, -0.25) is 19.4 Å². The molecule has 6 nitrogen and oxygen atoms in total. The van der Waals surface area contributed by atoms with Crippen molar-refractivity contribution in [3.05, 3.63) is 77.7 Å². The summed E-state index contributed by atoms with van der Waals surface area (Å²) in [5, 5.41) is 4.89. The van der Waals surface area contributed by atoms with Gasteiger partial charge in [-0.25, -0.2) is 0 Å². The van der Waals surface area contributed by atoms with Crippen molar-refractivity contribution in [2.45, 2.75) is 31.3 Å². The highest BCUT2D eigenvalue weighted by molar-refractivity contribution is 6.05. The van der Waals surface area contributed by atoms with E-state index < -0.39 is 0 Å². The van der Waals surface area contributed by atoms with E-state index in [1.54, 1.807) is 12.4 Å². The van der Waals surface area contributed by atoms with Crippen LogP contribution >= 0.6 is 0 Å². The minimum absolute atomic E-state index is 0.0156. The Bertz CT molecular complexity index is 1270. The molecule has 2 atom stereocenters. The Morgan fingerprint density at radius 2 is 1.83 bits per heavy atom. The summed E-state index contributed by atoms with van der Waals surface area (Å²) in [6.45, 7) is 0. The summed E-state index contributed by atoms with van der Waals surface area (Å²) < 4.78 is 1.98. The largest absolute Gasteiger partial charge is 0.327 e. The van der Waals surface area contributed by atoms with Gasteiger partial charge in [0.1, 0.15) is 5.52 Å². The average molecular weight is 395 g/mol. The molecule has 2 bridgehead atoms. The monoisotopic (exact) mass is 395 g/mol. The first kappa shape index (κ1) is 17.3. The molecule has 148 valence electrons. The summed E-state index contributed by atoms with van der Waals surface area (Å²) in [6, 6.07) is 16.3. The van der Waals surface area contributed by atoms with Crippen LogP contribution in [0.15, 0.2) is 60.9 Å². The minimum Gasteiger partial charge on any atom is -0.327 e. The van der Waals surface area contributed by atoms with E-state index in [1.165, 1.54) is 16.8 Å². The lowest BCUT2D eigenvalue weighted by atomic mass is 9.94. The number of benzene rings is 2. The first-order chi connectivity index (χ1) is 14.7. The number of fused-ring (bicyclic) bond motifs is 5. The van der Waals surface area contributed by atoms with Crippen molar-refractivity contribution in [1.29, 1.82) is 0 Å². The quantitative estimate of drug-likeness (QED) is 0.516. The zero-order valence-electron chi connectivity index (χ0n) is 16.7. The molecule has 2 aromatic carbocycles. The van der Waals surface area contributed by atoms with Gasteiger partial charge in [-0.15, -0.1) is 0 Å². The maximum absolute atomic E-state index is 13.7. The minimum atomic E-state index is 0.0156. The molecule has 0 aliphatic carbocycles. The highest BCUT2D eigenvalue weighted by atomic mass is 16.2. The predicted molar refractivity (Wildman–Crippen MR) is 114 cm³/mol. The van der Waals surface area contributed by atoms with Crippen LogP contribution in [0.25, 0.3) is 22.3 Å². The van der Waals surface area contributed by atoms with Crippen molar-refractivity contribution in [2.75, 3.05) is 0 Å². The fourth-order valence-electron chi connectivity index (χ4n) is 5.21. The lowest BCUT2D eigenvalue weighted by Gasteiger charge is -2.34. The fraction of sp³-hybridized carbons (Fsp3) is 0.250. The molecular weight excluding hydrogens is 374 g/mol. The highest BCUT2D eigenvalue weighted by Crippen LogP contribution is 2.46. The summed E-state index contributed by atoms with van der Waals surface area (Å²) >= 11 is 0. The topological polar surface area (TPSA) is 63.9 Å². The van der Waals surface area contributed by atoms with Gasteiger partial charge in [-0.1, -0.05) is 36.4 Å². The van der Waals surface area contributed by atoms with Crippen LogP contribution in [-0.4, -0.2) is 36.6 Å². The van der Waals surface area contributed by atoms with Gasteiger partial charge in [0.25, 0.3) is 5.91 Å². The lowest BCUT2D eigenvalue weighted by Crippen LogP contribution is -2.42. The number of aromatic nitrogens is 4. The van der Waals surface area contributed by atoms with Crippen LogP contribution in [0, 0.1) is 0 Å². The molecule has 2 aromatic heterocycles. The molecule has 1 saturated heterocycles. The predicted octanol–water partition coefficient (Wildman–Crippen LogP) is 3.93. The van der Waals surface area contributed by atoms with Gasteiger partial charge in [-0.05, 0) is 31.4 Å². The number of carbonyl (C=O) groups is 1. The molecule has 4 aromatic rings. The number of hydrogen-bond donors (Lipinski definition) is 0. The summed E-state index contributed by atoms with van der Waals surface area (Å²) in [5.74, 6) is 0.0335. The molecule has 0 unspecified atom stereocenters. The van der Waals surface area contributed by atoms with E-state index in [-0.39, 0.29) is 18.0 Å². The second-order valence-corrected chi connectivity index (χ2v) is 8.10. The number of nitrogens with zero attached hydrogens (tertiary/aromatic N) is 5. The highest BCUT2D eigenvalue weighted by Gasteiger charge is 2.46. The van der Waals surface area contributed by atoms with Gasteiger partial charge in [0.15, 0.2) is 0 Å². The second-order valence-electron chi connectivity index (χ2n) is 8.10. The Morgan fingerprint density at radius 3 is 2.70 bits per heavy atom. The Balaban J connectivity index is 1.44. The number of carbonyl (C=O) groups excluding carboxylic acids is 1. The fourth-order valence-corrected chi connectivity index (χ4v) is 5.21. The van der Waals surface area contributed by atoms with Crippen LogP contribution in [0.1, 0.15) is 40.5 Å². The molecular formula is C24H21N5O. The van der Waals surface area contributed by atoms with E-state index >= 15 is 0 Å². The average Bonchev–Trinajstić information content (AvgIpc) is 3.30. The van der Waals surface area contributed by atoms with E-state index in [0.717, 1.165) is 30.5 Å². The standard InChI is InChI=1S/C24H21N5O/c1-28-23(15-6-3-2-4-7-15)18-14-16-10-11-20(22(18)27-28)29(16)24(30)17-8-5-9-19-21(17)26-13-12-25-19/h2-9,12-13,16,20H,10-11,14H2,1H3/t16-,20+/m1/s1. The zero-order valence-corrected chi connectivity index (χ0v) is 16.7. The van der Waals surface area contributed by atoms with Crippen molar-refractivity contribution >= 4 is 16.9 Å². The summed E-state index contributed by atoms with van der Waals surface area (Å²) in [6.07, 6.45) is 6.09. The van der Waals surface area contributed by atoms with Gasteiger partial charge in [-0.2, -0.15) is 5.10 Å². The molecule has 1 amide bonds. The van der Waals surface area contributed by atoms with Crippen LogP contribution in [-0.2, 0) is 13.5 Å². The number of hydrogen-bond acceptors (Lipinski definition) is 4. The molecule has 1 fully saturated rings. The van der Waals surface area contributed by atoms with Crippen molar-refractivity contribution in [3.8, 4) is 11.3 Å². The molecule has 0 saturated carbocycles. The van der Waals surface area contributed by atoms with Crippen LogP contribution in [0.3, 0.4) is 0 Å². The molecule has 6 heteroatoms. The number of aryl methyl sites for hydroxylation is 1. The first-order valence-electron chi connectivity index (χ1n) is 10.4. The summed E-state index contributed by atoms with van der Waals surface area (Å²) in [7, 11) is 2.00. The maximum Gasteiger partial charge on any atom is 0.256 e. The smallest absolute Gasteiger partial charge is 0.256 e. The lowest BCUT2D eigenvalue weighted by molar-refractivity contribution is 0.0644. The molecule has 6 rings (SSSR count). The Morgan fingerprint density at radius 1 is 1.00 bits per heavy atom. The van der Waals surface area contributed by atoms with Crippen LogP contribution in [0.5, 0.6) is 0 Å². The molecule has 2 aliphatic rings. The third-order valence-electron chi connectivity index (χ3n) is 6.45. The molecule has 4 heterocycles. The second kappa shape index (κ2) is 6.49. The van der Waals surface area contributed by atoms with Gasteiger partial charge < -0.3 is 4.90 Å². The number of para-hydroxylation sites is 1. The van der Waals surface area contributed by atoms with E-state index in [2.05, 4.69) is 34.2 Å². The van der Waals surface area contributed by atoms with Gasteiger partial charge >= 0.3 is 0 Å². The molecule has 0 spiro atoms. The summed E-state index contributed by atoms with van der Waals surface area (Å²) in [5.41, 5.74) is 6.73.